The Morgan fingerprint density at radius 3 is 2.19 bits per heavy atom. The minimum absolute atomic E-state index is 0.130. The van der Waals surface area contributed by atoms with Crippen LogP contribution in [0.15, 0.2) is 18.2 Å². The van der Waals surface area contributed by atoms with Crippen molar-refractivity contribution in [2.75, 3.05) is 21.3 Å². The maximum Gasteiger partial charge on any atom is 0.203 e. The van der Waals surface area contributed by atoms with Gasteiger partial charge in [-0.1, -0.05) is 64.2 Å². The van der Waals surface area contributed by atoms with E-state index in [4.69, 9.17) is 26.4 Å². The van der Waals surface area contributed by atoms with Gasteiger partial charge in [-0.05, 0) is 65.7 Å². The van der Waals surface area contributed by atoms with Gasteiger partial charge >= 0.3 is 0 Å². The van der Waals surface area contributed by atoms with Crippen molar-refractivity contribution in [1.29, 1.82) is 0 Å². The van der Waals surface area contributed by atoms with Gasteiger partial charge in [-0.25, -0.2) is 0 Å². The maximum absolute atomic E-state index is 12.8. The van der Waals surface area contributed by atoms with Crippen molar-refractivity contribution in [2.45, 2.75) is 71.6 Å². The van der Waals surface area contributed by atoms with Crippen LogP contribution in [-0.4, -0.2) is 32.0 Å². The lowest BCUT2D eigenvalue weighted by atomic mass is 9.82. The molecule has 5 heteroatoms. The fourth-order valence-electron chi connectivity index (χ4n) is 4.76. The Morgan fingerprint density at radius 1 is 1.03 bits per heavy atom. The normalized spacial score (nSPS) is 15.7. The van der Waals surface area contributed by atoms with Gasteiger partial charge in [0.15, 0.2) is 17.3 Å². The zero-order valence-corrected chi connectivity index (χ0v) is 21.3. The number of benzene rings is 1. The van der Waals surface area contributed by atoms with Gasteiger partial charge < -0.3 is 14.2 Å². The average Bonchev–Trinajstić information content (AvgIpc) is 2.76. The van der Waals surface area contributed by atoms with E-state index in [1.807, 2.05) is 18.2 Å². The number of allylic oxidation sites excluding steroid dienone is 1. The predicted molar refractivity (Wildman–Crippen MR) is 136 cm³/mol. The van der Waals surface area contributed by atoms with E-state index in [1.165, 1.54) is 32.1 Å². The molecule has 1 fully saturated rings. The summed E-state index contributed by atoms with van der Waals surface area (Å²) in [5.41, 5.74) is 0.834. The molecule has 178 valence electrons. The number of thiocarbonyl (C=S) groups is 1. The Balaban J connectivity index is 2.01. The second kappa shape index (κ2) is 13.6. The number of carbonyl (C=O) groups excluding carboxylic acids is 1. The Bertz CT molecular complexity index is 753. The van der Waals surface area contributed by atoms with E-state index in [1.54, 1.807) is 27.4 Å². The predicted octanol–water partition coefficient (Wildman–Crippen LogP) is 7.08. The molecule has 0 N–H and O–H groups in total. The van der Waals surface area contributed by atoms with E-state index in [0.717, 1.165) is 35.6 Å². The summed E-state index contributed by atoms with van der Waals surface area (Å²) >= 11 is 5.77. The van der Waals surface area contributed by atoms with Crippen molar-refractivity contribution < 1.29 is 19.0 Å². The number of hydrogen-bond donors (Lipinski definition) is 0. The Kier molecular flexibility index (Phi) is 11.2. The van der Waals surface area contributed by atoms with Crippen LogP contribution in [0.25, 0.3) is 6.08 Å². The lowest BCUT2D eigenvalue weighted by molar-refractivity contribution is -0.115. The molecular weight excluding hydrogens is 420 g/mol. The molecule has 0 aromatic heterocycles. The van der Waals surface area contributed by atoms with Crippen LogP contribution in [0, 0.1) is 17.8 Å². The van der Waals surface area contributed by atoms with Gasteiger partial charge in [0, 0.05) is 6.42 Å². The summed E-state index contributed by atoms with van der Waals surface area (Å²) in [4.78, 5) is 14.0. The molecule has 0 radical (unpaired) electrons. The topological polar surface area (TPSA) is 44.8 Å². The molecule has 1 saturated carbocycles. The first-order valence-electron chi connectivity index (χ1n) is 11.9. The summed E-state index contributed by atoms with van der Waals surface area (Å²) < 4.78 is 16.2. The van der Waals surface area contributed by atoms with Crippen molar-refractivity contribution in [3.05, 3.63) is 23.8 Å². The van der Waals surface area contributed by atoms with Crippen molar-refractivity contribution in [2.24, 2.45) is 17.8 Å². The Morgan fingerprint density at radius 2 is 1.66 bits per heavy atom. The third-order valence-corrected chi connectivity index (χ3v) is 6.53. The number of carbonyl (C=O) groups is 1. The van der Waals surface area contributed by atoms with Crippen LogP contribution in [0.2, 0.25) is 0 Å². The van der Waals surface area contributed by atoms with Gasteiger partial charge in [0.1, 0.15) is 0 Å². The van der Waals surface area contributed by atoms with Crippen molar-refractivity contribution in [3.8, 4) is 17.2 Å². The second-order valence-corrected chi connectivity index (χ2v) is 9.99. The molecule has 0 heterocycles. The van der Waals surface area contributed by atoms with E-state index in [-0.39, 0.29) is 5.78 Å². The lowest BCUT2D eigenvalue weighted by Gasteiger charge is -2.24. The minimum Gasteiger partial charge on any atom is -0.493 e. The molecule has 1 atom stereocenters. The molecule has 0 spiro atoms. The molecule has 2 rings (SSSR count). The van der Waals surface area contributed by atoms with Crippen LogP contribution >= 0.6 is 12.2 Å². The van der Waals surface area contributed by atoms with Crippen LogP contribution in [0.3, 0.4) is 0 Å². The highest BCUT2D eigenvalue weighted by Gasteiger charge is 2.20. The highest BCUT2D eigenvalue weighted by Crippen LogP contribution is 2.38. The van der Waals surface area contributed by atoms with Crippen LogP contribution in [0.5, 0.6) is 17.2 Å². The Labute approximate surface area is 199 Å². The number of ketones is 1. The van der Waals surface area contributed by atoms with Gasteiger partial charge in [-0.15, -0.1) is 0 Å². The summed E-state index contributed by atoms with van der Waals surface area (Å²) in [6, 6.07) is 3.69. The SMILES string of the molecule is COc1cc(/C=C/C(=O)CC(CC(=S)CC2CCCCC2)CC(C)C)cc(OC)c1OC. The maximum atomic E-state index is 12.8. The van der Waals surface area contributed by atoms with Gasteiger partial charge in [0.2, 0.25) is 5.75 Å². The molecule has 0 bridgehead atoms. The van der Waals surface area contributed by atoms with E-state index in [0.29, 0.717) is 35.5 Å². The number of methoxy groups -OCH3 is 3. The van der Waals surface area contributed by atoms with Crippen molar-refractivity contribution in [3.63, 3.8) is 0 Å². The molecule has 1 aliphatic rings. The van der Waals surface area contributed by atoms with E-state index in [9.17, 15) is 4.79 Å². The first-order valence-corrected chi connectivity index (χ1v) is 12.3. The summed E-state index contributed by atoms with van der Waals surface area (Å²) in [6.07, 6.45) is 13.6. The largest absolute Gasteiger partial charge is 0.493 e. The van der Waals surface area contributed by atoms with E-state index < -0.39 is 0 Å². The number of hydrogen-bond acceptors (Lipinski definition) is 5. The van der Waals surface area contributed by atoms with Crippen LogP contribution in [0.1, 0.15) is 77.2 Å². The molecule has 0 aliphatic heterocycles. The van der Waals surface area contributed by atoms with Gasteiger partial charge in [-0.2, -0.15) is 0 Å². The Hall–Kier alpha value is -1.88. The zero-order chi connectivity index (χ0) is 23.5. The van der Waals surface area contributed by atoms with Gasteiger partial charge in [-0.3, -0.25) is 4.79 Å². The standard InChI is InChI=1S/C27H40O4S/c1-19(2)13-22(16-24(32)15-20-9-7-6-8-10-20)14-23(28)12-11-21-17-25(29-3)27(31-5)26(18-21)30-4/h11-12,17-20,22H,6-10,13-16H2,1-5H3/b12-11+. The molecule has 32 heavy (non-hydrogen) atoms. The van der Waals surface area contributed by atoms with Crippen LogP contribution < -0.4 is 14.2 Å². The highest BCUT2D eigenvalue weighted by molar-refractivity contribution is 7.80. The van der Waals surface area contributed by atoms with Gasteiger partial charge in [0.25, 0.3) is 0 Å². The molecule has 1 aromatic rings. The molecule has 4 nitrogen and oxygen atoms in total. The first-order chi connectivity index (χ1) is 15.4. The third-order valence-electron chi connectivity index (χ3n) is 6.20. The number of ether oxygens (including phenoxy) is 3. The summed E-state index contributed by atoms with van der Waals surface area (Å²) in [5.74, 6) is 3.43. The molecule has 1 unspecified atom stereocenters. The number of rotatable bonds is 13. The molecule has 1 aromatic carbocycles. The summed E-state index contributed by atoms with van der Waals surface area (Å²) in [7, 11) is 4.75. The average molecular weight is 461 g/mol. The minimum atomic E-state index is 0.130. The fraction of sp³-hybridized carbons (Fsp3) is 0.630. The molecule has 0 amide bonds. The second-order valence-electron chi connectivity index (χ2n) is 9.41. The fourth-order valence-corrected chi connectivity index (χ4v) is 5.23. The molecule has 0 saturated heterocycles. The summed E-state index contributed by atoms with van der Waals surface area (Å²) in [5, 5.41) is 0. The van der Waals surface area contributed by atoms with Gasteiger partial charge in [0.05, 0.1) is 21.3 Å². The van der Waals surface area contributed by atoms with Crippen molar-refractivity contribution >= 4 is 28.9 Å². The lowest BCUT2D eigenvalue weighted by Crippen LogP contribution is -2.17. The third kappa shape index (κ3) is 8.57. The molecular formula is C27H40O4S. The molecule has 1 aliphatic carbocycles. The van der Waals surface area contributed by atoms with Crippen molar-refractivity contribution in [1.82, 2.24) is 0 Å². The first kappa shape index (κ1) is 26.4. The monoisotopic (exact) mass is 460 g/mol. The quantitative estimate of drug-likeness (QED) is 0.232. The zero-order valence-electron chi connectivity index (χ0n) is 20.4. The van der Waals surface area contributed by atoms with E-state index in [2.05, 4.69) is 13.8 Å². The highest BCUT2D eigenvalue weighted by atomic mass is 32.1. The van der Waals surface area contributed by atoms with Crippen LogP contribution in [-0.2, 0) is 4.79 Å². The van der Waals surface area contributed by atoms with E-state index >= 15 is 0 Å². The van der Waals surface area contributed by atoms with Crippen LogP contribution in [0.4, 0.5) is 0 Å². The summed E-state index contributed by atoms with van der Waals surface area (Å²) in [6.45, 7) is 4.43. The smallest absolute Gasteiger partial charge is 0.203 e.